The van der Waals surface area contributed by atoms with E-state index < -0.39 is 0 Å². The largest absolute Gasteiger partial charge is 0.378 e. The molecule has 3 aromatic rings. The highest BCUT2D eigenvalue weighted by molar-refractivity contribution is 5.80. The summed E-state index contributed by atoms with van der Waals surface area (Å²) in [6.45, 7) is 3.33. The summed E-state index contributed by atoms with van der Waals surface area (Å²) in [6.07, 6.45) is 0. The van der Waals surface area contributed by atoms with E-state index in [4.69, 9.17) is 10.00 Å². The van der Waals surface area contributed by atoms with Crippen molar-refractivity contribution in [2.24, 2.45) is 0 Å². The summed E-state index contributed by atoms with van der Waals surface area (Å²) in [4.78, 5) is 2.36. The molecule has 0 saturated carbocycles. The maximum Gasteiger partial charge on any atom is 0.190 e. The summed E-state index contributed by atoms with van der Waals surface area (Å²) in [5.74, 6) is 0. The molecule has 0 unspecified atom stereocenters. The summed E-state index contributed by atoms with van der Waals surface area (Å²) in [5.41, 5.74) is 5.30. The minimum absolute atomic E-state index is 0.307. The normalized spacial score (nSPS) is 14.3. The number of benzene rings is 2. The summed E-state index contributed by atoms with van der Waals surface area (Å²) in [7, 11) is 0. The lowest BCUT2D eigenvalue weighted by atomic mass is 10.00. The average molecular weight is 331 g/mol. The van der Waals surface area contributed by atoms with Crippen LogP contribution in [0.4, 0.5) is 5.69 Å². The van der Waals surface area contributed by atoms with Gasteiger partial charge >= 0.3 is 0 Å². The van der Waals surface area contributed by atoms with Gasteiger partial charge in [-0.1, -0.05) is 42.5 Å². The van der Waals surface area contributed by atoms with E-state index in [0.29, 0.717) is 11.4 Å². The number of rotatable bonds is 3. The number of anilines is 1. The van der Waals surface area contributed by atoms with Crippen LogP contribution in [-0.2, 0) is 4.74 Å². The quantitative estimate of drug-likeness (QED) is 0.798. The highest BCUT2D eigenvalue weighted by Gasteiger charge is 2.16. The van der Waals surface area contributed by atoms with Crippen LogP contribution in [0.5, 0.6) is 0 Å². The Balaban J connectivity index is 1.68. The molecular weight excluding hydrogens is 314 g/mol. The third-order valence-corrected chi connectivity index (χ3v) is 4.38. The van der Waals surface area contributed by atoms with Gasteiger partial charge in [0, 0.05) is 29.9 Å². The summed E-state index contributed by atoms with van der Waals surface area (Å²) >= 11 is 0. The van der Waals surface area contributed by atoms with Gasteiger partial charge < -0.3 is 9.64 Å². The Labute approximate surface area is 145 Å². The number of ether oxygens (including phenoxy) is 1. The molecule has 1 aliphatic heterocycles. The van der Waals surface area contributed by atoms with Gasteiger partial charge in [-0.2, -0.15) is 15.6 Å². The van der Waals surface area contributed by atoms with E-state index in [9.17, 15) is 0 Å². The molecule has 1 aromatic heterocycles. The van der Waals surface area contributed by atoms with E-state index in [1.54, 1.807) is 0 Å². The minimum Gasteiger partial charge on any atom is -0.378 e. The molecule has 0 bridgehead atoms. The lowest BCUT2D eigenvalue weighted by Crippen LogP contribution is -2.36. The Bertz CT molecular complexity index is 904. The van der Waals surface area contributed by atoms with Gasteiger partial charge in [-0.05, 0) is 11.6 Å². The van der Waals surface area contributed by atoms with E-state index in [1.165, 1.54) is 11.3 Å². The number of morpholine rings is 1. The number of aromatic nitrogens is 3. The molecule has 1 saturated heterocycles. The van der Waals surface area contributed by atoms with Gasteiger partial charge in [0.2, 0.25) is 0 Å². The van der Waals surface area contributed by atoms with E-state index in [0.717, 1.165) is 37.4 Å². The van der Waals surface area contributed by atoms with Crippen LogP contribution < -0.4 is 4.90 Å². The van der Waals surface area contributed by atoms with Gasteiger partial charge in [0.1, 0.15) is 11.8 Å². The molecule has 0 amide bonds. The first-order valence-corrected chi connectivity index (χ1v) is 8.20. The fraction of sp³-hybridized carbons (Fsp3) is 0.211. The Morgan fingerprint density at radius 1 is 0.960 bits per heavy atom. The predicted octanol–water partition coefficient (Wildman–Crippen LogP) is 2.85. The number of hydrogen-bond acceptors (Lipinski definition) is 5. The lowest BCUT2D eigenvalue weighted by Gasteiger charge is -2.30. The summed E-state index contributed by atoms with van der Waals surface area (Å²) in [6, 6.07) is 18.5. The first-order chi connectivity index (χ1) is 12.4. The summed E-state index contributed by atoms with van der Waals surface area (Å²) in [5, 5.41) is 19.5. The van der Waals surface area contributed by atoms with Gasteiger partial charge in [0.25, 0.3) is 0 Å². The second-order valence-corrected chi connectivity index (χ2v) is 5.83. The second kappa shape index (κ2) is 6.75. The zero-order valence-electron chi connectivity index (χ0n) is 13.6. The van der Waals surface area contributed by atoms with Gasteiger partial charge in [0.05, 0.1) is 13.2 Å². The van der Waals surface area contributed by atoms with Gasteiger partial charge in [-0.3, -0.25) is 0 Å². The molecule has 6 heteroatoms. The molecule has 6 nitrogen and oxygen atoms in total. The number of nitriles is 1. The highest BCUT2D eigenvalue weighted by Crippen LogP contribution is 2.32. The Hall–Kier alpha value is -3.17. The van der Waals surface area contributed by atoms with Crippen LogP contribution in [0.15, 0.2) is 48.5 Å². The van der Waals surface area contributed by atoms with Crippen molar-refractivity contribution in [3.8, 4) is 28.5 Å². The topological polar surface area (TPSA) is 77.8 Å². The smallest absolute Gasteiger partial charge is 0.190 e. The molecule has 0 radical (unpaired) electrons. The number of aromatic amines is 1. The molecule has 0 aliphatic carbocycles. The van der Waals surface area contributed by atoms with Crippen LogP contribution in [0.25, 0.3) is 22.4 Å². The third-order valence-electron chi connectivity index (χ3n) is 4.38. The molecule has 2 heterocycles. The molecule has 0 spiro atoms. The SMILES string of the molecule is N#Cc1n[nH]nc1-c1ccc(-c2ccccc2N2CCOCC2)cc1. The van der Waals surface area contributed by atoms with E-state index in [-0.39, 0.29) is 0 Å². The molecule has 25 heavy (non-hydrogen) atoms. The molecule has 0 atom stereocenters. The van der Waals surface area contributed by atoms with Crippen LogP contribution in [0.2, 0.25) is 0 Å². The van der Waals surface area contributed by atoms with E-state index in [1.807, 2.05) is 18.2 Å². The molecular formula is C19H17N5O. The van der Waals surface area contributed by atoms with Crippen molar-refractivity contribution in [3.63, 3.8) is 0 Å². The molecule has 2 aromatic carbocycles. The molecule has 4 rings (SSSR count). The minimum atomic E-state index is 0.307. The zero-order chi connectivity index (χ0) is 17.1. The molecule has 1 aliphatic rings. The maximum absolute atomic E-state index is 9.09. The van der Waals surface area contributed by atoms with Gasteiger partial charge in [-0.15, -0.1) is 5.10 Å². The van der Waals surface area contributed by atoms with Gasteiger partial charge in [-0.25, -0.2) is 0 Å². The number of nitrogens with zero attached hydrogens (tertiary/aromatic N) is 4. The van der Waals surface area contributed by atoms with Crippen molar-refractivity contribution in [2.45, 2.75) is 0 Å². The maximum atomic E-state index is 9.09. The van der Waals surface area contributed by atoms with Crippen molar-refractivity contribution in [2.75, 3.05) is 31.2 Å². The molecule has 124 valence electrons. The standard InChI is InChI=1S/C19H17N5O/c20-13-17-19(22-23-21-17)15-7-5-14(6-8-15)16-3-1-2-4-18(16)24-9-11-25-12-10-24/h1-8H,9-12H2,(H,21,22,23). The van der Waals surface area contributed by atoms with Crippen molar-refractivity contribution in [1.29, 1.82) is 5.26 Å². The third kappa shape index (κ3) is 2.97. The number of hydrogen-bond donors (Lipinski definition) is 1. The molecule has 1 N–H and O–H groups in total. The van der Waals surface area contributed by atoms with Crippen molar-refractivity contribution < 1.29 is 4.74 Å². The fourth-order valence-electron chi connectivity index (χ4n) is 3.12. The van der Waals surface area contributed by atoms with Gasteiger partial charge in [0.15, 0.2) is 5.69 Å². The van der Waals surface area contributed by atoms with Crippen LogP contribution >= 0.6 is 0 Å². The van der Waals surface area contributed by atoms with Crippen LogP contribution in [0.1, 0.15) is 5.69 Å². The zero-order valence-corrected chi connectivity index (χ0v) is 13.6. The number of para-hydroxylation sites is 1. The van der Waals surface area contributed by atoms with Crippen LogP contribution in [0, 0.1) is 11.3 Å². The summed E-state index contributed by atoms with van der Waals surface area (Å²) < 4.78 is 5.46. The van der Waals surface area contributed by atoms with Crippen molar-refractivity contribution in [3.05, 3.63) is 54.2 Å². The predicted molar refractivity (Wildman–Crippen MR) is 95.0 cm³/mol. The van der Waals surface area contributed by atoms with Crippen molar-refractivity contribution >= 4 is 5.69 Å². The second-order valence-electron chi connectivity index (χ2n) is 5.83. The molecule has 1 fully saturated rings. The van der Waals surface area contributed by atoms with Crippen molar-refractivity contribution in [1.82, 2.24) is 15.4 Å². The van der Waals surface area contributed by atoms with E-state index in [2.05, 4.69) is 56.7 Å². The Morgan fingerprint density at radius 3 is 2.44 bits per heavy atom. The van der Waals surface area contributed by atoms with Crippen LogP contribution in [-0.4, -0.2) is 41.7 Å². The Morgan fingerprint density at radius 2 is 1.68 bits per heavy atom. The highest BCUT2D eigenvalue weighted by atomic mass is 16.5. The first kappa shape index (κ1) is 15.4. The lowest BCUT2D eigenvalue weighted by molar-refractivity contribution is 0.123. The monoisotopic (exact) mass is 331 g/mol. The first-order valence-electron chi connectivity index (χ1n) is 8.20. The van der Waals surface area contributed by atoms with E-state index >= 15 is 0 Å². The number of H-pyrrole nitrogens is 1. The average Bonchev–Trinajstić information content (AvgIpc) is 3.18. The van der Waals surface area contributed by atoms with Crippen LogP contribution in [0.3, 0.4) is 0 Å². The fourth-order valence-corrected chi connectivity index (χ4v) is 3.12. The Kier molecular flexibility index (Phi) is 4.15. The number of nitrogens with one attached hydrogen (secondary N) is 1.